The molecule has 16 heavy (non-hydrogen) atoms. The van der Waals surface area contributed by atoms with Gasteiger partial charge in [-0.25, -0.2) is 8.78 Å². The highest BCUT2D eigenvalue weighted by molar-refractivity contribution is 9.09. The Labute approximate surface area is 103 Å². The maximum Gasteiger partial charge on any atom is 0.248 e. The second-order valence-corrected chi connectivity index (χ2v) is 5.31. The molecule has 1 saturated carbocycles. The predicted molar refractivity (Wildman–Crippen MR) is 62.9 cm³/mol. The summed E-state index contributed by atoms with van der Waals surface area (Å²) < 4.78 is 25.8. The molecule has 1 atom stereocenters. The van der Waals surface area contributed by atoms with E-state index in [2.05, 4.69) is 21.2 Å². The van der Waals surface area contributed by atoms with E-state index in [4.69, 9.17) is 0 Å². The molecule has 1 N–H and O–H groups in total. The van der Waals surface area contributed by atoms with E-state index in [9.17, 15) is 13.6 Å². The van der Waals surface area contributed by atoms with Crippen molar-refractivity contribution in [1.82, 2.24) is 5.32 Å². The molecule has 0 aliphatic heterocycles. The van der Waals surface area contributed by atoms with Crippen LogP contribution in [0.3, 0.4) is 0 Å². The summed E-state index contributed by atoms with van der Waals surface area (Å²) in [5, 5.41) is 3.69. The van der Waals surface area contributed by atoms with Crippen molar-refractivity contribution in [3.8, 4) is 0 Å². The highest BCUT2D eigenvalue weighted by Crippen LogP contribution is 2.36. The molecule has 1 aliphatic carbocycles. The quantitative estimate of drug-likeness (QED) is 0.794. The maximum absolute atomic E-state index is 12.9. The van der Waals surface area contributed by atoms with Crippen LogP contribution in [0.4, 0.5) is 8.78 Å². The Morgan fingerprint density at radius 1 is 1.50 bits per heavy atom. The first-order valence-electron chi connectivity index (χ1n) is 5.69. The minimum Gasteiger partial charge on any atom is -0.353 e. The van der Waals surface area contributed by atoms with Gasteiger partial charge in [-0.2, -0.15) is 0 Å². The van der Waals surface area contributed by atoms with Crippen molar-refractivity contribution in [2.45, 2.75) is 51.0 Å². The van der Waals surface area contributed by atoms with Crippen LogP contribution in [0.1, 0.15) is 39.0 Å². The Bertz CT molecular complexity index is 238. The van der Waals surface area contributed by atoms with Gasteiger partial charge in [0.25, 0.3) is 0 Å². The molecule has 0 aromatic heterocycles. The molecule has 5 heteroatoms. The predicted octanol–water partition coefficient (Wildman–Crippen LogP) is 3.10. The summed E-state index contributed by atoms with van der Waals surface area (Å²) in [5.41, 5.74) is 0. The second-order valence-electron chi connectivity index (χ2n) is 4.52. The molecule has 1 aliphatic rings. The molecule has 1 fully saturated rings. The highest BCUT2D eigenvalue weighted by atomic mass is 79.9. The monoisotopic (exact) mass is 297 g/mol. The van der Waals surface area contributed by atoms with Crippen molar-refractivity contribution < 1.29 is 13.6 Å². The van der Waals surface area contributed by atoms with Gasteiger partial charge in [-0.3, -0.25) is 4.79 Å². The third-order valence-electron chi connectivity index (χ3n) is 3.02. The van der Waals surface area contributed by atoms with Gasteiger partial charge in [0.15, 0.2) is 0 Å². The van der Waals surface area contributed by atoms with Crippen LogP contribution in [-0.4, -0.2) is 23.2 Å². The van der Waals surface area contributed by atoms with E-state index in [1.165, 1.54) is 0 Å². The molecule has 0 heterocycles. The fraction of sp³-hybridized carbons (Fsp3) is 0.909. The lowest BCUT2D eigenvalue weighted by atomic mass is 9.86. The smallest absolute Gasteiger partial charge is 0.248 e. The number of amides is 1. The van der Waals surface area contributed by atoms with Crippen LogP contribution in [0.2, 0.25) is 0 Å². The van der Waals surface area contributed by atoms with Crippen molar-refractivity contribution in [2.24, 2.45) is 5.92 Å². The van der Waals surface area contributed by atoms with Gasteiger partial charge in [0.1, 0.15) is 0 Å². The fourth-order valence-corrected chi connectivity index (χ4v) is 2.59. The van der Waals surface area contributed by atoms with Crippen molar-refractivity contribution >= 4 is 21.8 Å². The minimum absolute atomic E-state index is 0.0658. The highest BCUT2D eigenvalue weighted by Gasteiger charge is 2.37. The van der Waals surface area contributed by atoms with Crippen LogP contribution in [0.25, 0.3) is 0 Å². The zero-order valence-corrected chi connectivity index (χ0v) is 11.0. The molecular formula is C11H18BrF2NO. The van der Waals surface area contributed by atoms with Gasteiger partial charge in [-0.05, 0) is 26.2 Å². The first-order chi connectivity index (χ1) is 7.44. The van der Waals surface area contributed by atoms with Gasteiger partial charge in [0.05, 0.1) is 0 Å². The number of rotatable bonds is 4. The molecule has 0 aromatic rings. The van der Waals surface area contributed by atoms with Crippen LogP contribution in [0.5, 0.6) is 0 Å². The summed E-state index contributed by atoms with van der Waals surface area (Å²) >= 11 is 3.30. The van der Waals surface area contributed by atoms with Crippen LogP contribution in [0, 0.1) is 5.92 Å². The van der Waals surface area contributed by atoms with Crippen molar-refractivity contribution in [2.75, 3.05) is 5.33 Å². The third kappa shape index (κ3) is 4.36. The molecule has 0 saturated heterocycles. The lowest BCUT2D eigenvalue weighted by Gasteiger charge is -2.28. The molecule has 0 radical (unpaired) electrons. The van der Waals surface area contributed by atoms with Crippen LogP contribution in [0.15, 0.2) is 0 Å². The Kier molecular flexibility index (Phi) is 5.15. The van der Waals surface area contributed by atoms with E-state index < -0.39 is 5.92 Å². The third-order valence-corrected chi connectivity index (χ3v) is 3.48. The number of hydrogen-bond acceptors (Lipinski definition) is 1. The number of carbonyl (C=O) groups is 1. The lowest BCUT2D eigenvalue weighted by Crippen LogP contribution is -2.40. The van der Waals surface area contributed by atoms with Gasteiger partial charge in [-0.1, -0.05) is 15.9 Å². The standard InChI is InChI=1S/C11H18BrF2NO/c1-8(4-7-12)15-10(16)9-2-5-11(13,14)6-3-9/h8-9H,2-7H2,1H3,(H,15,16). The van der Waals surface area contributed by atoms with Gasteiger partial charge in [0, 0.05) is 30.1 Å². The molecule has 0 aromatic carbocycles. The number of alkyl halides is 3. The van der Waals surface area contributed by atoms with Crippen molar-refractivity contribution in [1.29, 1.82) is 0 Å². The number of carbonyl (C=O) groups excluding carboxylic acids is 1. The summed E-state index contributed by atoms with van der Waals surface area (Å²) in [6, 6.07) is 0.106. The Morgan fingerprint density at radius 3 is 2.56 bits per heavy atom. The first kappa shape index (κ1) is 13.9. The molecule has 0 spiro atoms. The largest absolute Gasteiger partial charge is 0.353 e. The summed E-state index contributed by atoms with van der Waals surface area (Å²) in [7, 11) is 0. The van der Waals surface area contributed by atoms with Crippen LogP contribution < -0.4 is 5.32 Å². The Morgan fingerprint density at radius 2 is 2.06 bits per heavy atom. The zero-order valence-electron chi connectivity index (χ0n) is 9.44. The molecule has 1 rings (SSSR count). The molecule has 0 bridgehead atoms. The van der Waals surface area contributed by atoms with Crippen LogP contribution in [-0.2, 0) is 4.79 Å². The van der Waals surface area contributed by atoms with Gasteiger partial charge < -0.3 is 5.32 Å². The number of hydrogen-bond donors (Lipinski definition) is 1. The van der Waals surface area contributed by atoms with E-state index in [1.807, 2.05) is 6.92 Å². The van der Waals surface area contributed by atoms with Crippen molar-refractivity contribution in [3.05, 3.63) is 0 Å². The second kappa shape index (κ2) is 5.94. The first-order valence-corrected chi connectivity index (χ1v) is 6.81. The molecule has 1 unspecified atom stereocenters. The van der Waals surface area contributed by atoms with Gasteiger partial charge >= 0.3 is 0 Å². The summed E-state index contributed by atoms with van der Waals surface area (Å²) in [6.07, 6.45) is 1.16. The minimum atomic E-state index is -2.56. The number of halogens is 3. The summed E-state index contributed by atoms with van der Waals surface area (Å²) in [6.45, 7) is 1.93. The molecule has 94 valence electrons. The molecule has 2 nitrogen and oxygen atoms in total. The average Bonchev–Trinajstić information content (AvgIpc) is 2.17. The zero-order chi connectivity index (χ0) is 12.2. The van der Waals surface area contributed by atoms with Crippen molar-refractivity contribution in [3.63, 3.8) is 0 Å². The number of nitrogens with one attached hydrogen (secondary N) is 1. The van der Waals surface area contributed by atoms with E-state index in [0.29, 0.717) is 12.8 Å². The van der Waals surface area contributed by atoms with Gasteiger partial charge in [-0.15, -0.1) is 0 Å². The Balaban J connectivity index is 2.33. The Hall–Kier alpha value is -0.190. The normalized spacial score (nSPS) is 22.8. The van der Waals surface area contributed by atoms with E-state index in [-0.39, 0.29) is 30.7 Å². The molecular weight excluding hydrogens is 280 g/mol. The fourth-order valence-electron chi connectivity index (χ4n) is 1.90. The van der Waals surface area contributed by atoms with Gasteiger partial charge in [0.2, 0.25) is 11.8 Å². The molecule has 1 amide bonds. The van der Waals surface area contributed by atoms with E-state index in [1.54, 1.807) is 0 Å². The topological polar surface area (TPSA) is 29.1 Å². The van der Waals surface area contributed by atoms with E-state index in [0.717, 1.165) is 11.8 Å². The maximum atomic E-state index is 12.9. The SMILES string of the molecule is CC(CCBr)NC(=O)C1CCC(F)(F)CC1. The summed E-state index contributed by atoms with van der Waals surface area (Å²) in [5.74, 6) is -2.85. The summed E-state index contributed by atoms with van der Waals surface area (Å²) in [4.78, 5) is 11.7. The lowest BCUT2D eigenvalue weighted by molar-refractivity contribution is -0.129. The van der Waals surface area contributed by atoms with E-state index >= 15 is 0 Å². The average molecular weight is 298 g/mol. The van der Waals surface area contributed by atoms with Crippen LogP contribution >= 0.6 is 15.9 Å².